The molecule has 72 valence electrons. The molecule has 13 heavy (non-hydrogen) atoms. The summed E-state index contributed by atoms with van der Waals surface area (Å²) >= 11 is 0. The Labute approximate surface area is 80.2 Å². The van der Waals surface area contributed by atoms with E-state index in [0.29, 0.717) is 11.7 Å². The fourth-order valence-electron chi connectivity index (χ4n) is 2.81. The van der Waals surface area contributed by atoms with Crippen molar-refractivity contribution in [2.24, 2.45) is 11.3 Å². The summed E-state index contributed by atoms with van der Waals surface area (Å²) in [7, 11) is 0. The van der Waals surface area contributed by atoms with Gasteiger partial charge in [-0.2, -0.15) is 0 Å². The molecule has 0 aromatic heterocycles. The molecule has 1 heteroatoms. The molecular formula is C12H18O. The van der Waals surface area contributed by atoms with Gasteiger partial charge in [0.25, 0.3) is 0 Å². The van der Waals surface area contributed by atoms with Crippen LogP contribution >= 0.6 is 0 Å². The number of fused-ring (bicyclic) bond motifs is 1. The van der Waals surface area contributed by atoms with Crippen molar-refractivity contribution in [2.45, 2.75) is 46.0 Å². The van der Waals surface area contributed by atoms with E-state index in [2.05, 4.69) is 19.9 Å². The van der Waals surface area contributed by atoms with Gasteiger partial charge in [-0.05, 0) is 36.2 Å². The summed E-state index contributed by atoms with van der Waals surface area (Å²) in [5, 5.41) is 0. The second-order valence-corrected chi connectivity index (χ2v) is 5.09. The third-order valence-electron chi connectivity index (χ3n) is 3.57. The van der Waals surface area contributed by atoms with E-state index in [9.17, 15) is 4.79 Å². The fraction of sp³-hybridized carbons (Fsp3) is 0.750. The Hall–Kier alpha value is -0.590. The lowest BCUT2D eigenvalue weighted by atomic mass is 9.78. The zero-order valence-corrected chi connectivity index (χ0v) is 8.60. The Morgan fingerprint density at radius 3 is 2.92 bits per heavy atom. The van der Waals surface area contributed by atoms with E-state index in [-0.39, 0.29) is 5.41 Å². The maximum absolute atomic E-state index is 11.7. The predicted octanol–water partition coefficient (Wildman–Crippen LogP) is 3.10. The van der Waals surface area contributed by atoms with E-state index >= 15 is 0 Å². The molecule has 2 aliphatic carbocycles. The largest absolute Gasteiger partial charge is 0.295 e. The molecular weight excluding hydrogens is 160 g/mol. The van der Waals surface area contributed by atoms with E-state index in [1.807, 2.05) is 0 Å². The molecule has 0 aliphatic heterocycles. The van der Waals surface area contributed by atoms with E-state index in [0.717, 1.165) is 18.4 Å². The van der Waals surface area contributed by atoms with Crippen molar-refractivity contribution in [2.75, 3.05) is 0 Å². The normalized spacial score (nSPS) is 32.3. The molecule has 1 nitrogen and oxygen atoms in total. The highest BCUT2D eigenvalue weighted by Gasteiger charge is 2.43. The monoisotopic (exact) mass is 178 g/mol. The number of rotatable bonds is 0. The molecule has 2 aliphatic rings. The van der Waals surface area contributed by atoms with Crippen LogP contribution in [0.1, 0.15) is 46.0 Å². The lowest BCUT2D eigenvalue weighted by Gasteiger charge is -2.25. The van der Waals surface area contributed by atoms with Crippen molar-refractivity contribution in [3.05, 3.63) is 11.6 Å². The van der Waals surface area contributed by atoms with Crippen LogP contribution in [-0.4, -0.2) is 5.78 Å². The Balaban J connectivity index is 2.33. The Kier molecular flexibility index (Phi) is 2.05. The molecule has 1 saturated carbocycles. The smallest absolute Gasteiger partial charge is 0.159 e. The van der Waals surface area contributed by atoms with Crippen LogP contribution in [-0.2, 0) is 4.79 Å². The van der Waals surface area contributed by atoms with E-state index < -0.39 is 0 Å². The zero-order chi connectivity index (χ0) is 9.47. The second kappa shape index (κ2) is 2.97. The van der Waals surface area contributed by atoms with Crippen LogP contribution in [0.4, 0.5) is 0 Å². The summed E-state index contributed by atoms with van der Waals surface area (Å²) in [6.45, 7) is 4.48. The van der Waals surface area contributed by atoms with Crippen LogP contribution in [0.5, 0.6) is 0 Å². The van der Waals surface area contributed by atoms with Gasteiger partial charge < -0.3 is 0 Å². The van der Waals surface area contributed by atoms with Crippen LogP contribution in [0.3, 0.4) is 0 Å². The molecule has 0 aromatic carbocycles. The molecule has 0 saturated heterocycles. The number of hydrogen-bond acceptors (Lipinski definition) is 1. The first-order valence-electron chi connectivity index (χ1n) is 5.34. The summed E-state index contributed by atoms with van der Waals surface area (Å²) in [5.41, 5.74) is 1.38. The zero-order valence-electron chi connectivity index (χ0n) is 8.60. The topological polar surface area (TPSA) is 17.1 Å². The van der Waals surface area contributed by atoms with Crippen LogP contribution in [0.15, 0.2) is 11.6 Å². The van der Waals surface area contributed by atoms with Crippen LogP contribution in [0.2, 0.25) is 0 Å². The standard InChI is InChI=1S/C12H18O/c1-12(2)8-11(13)9-6-4-3-5-7-10(9)12/h6,10H,3-5,7-8H2,1-2H3/t10-/m1/s1. The first-order valence-corrected chi connectivity index (χ1v) is 5.34. The molecule has 0 aromatic rings. The van der Waals surface area contributed by atoms with Crippen molar-refractivity contribution >= 4 is 5.78 Å². The molecule has 0 spiro atoms. The highest BCUT2D eigenvalue weighted by Crippen LogP contribution is 2.47. The molecule has 0 N–H and O–H groups in total. The molecule has 0 bridgehead atoms. The lowest BCUT2D eigenvalue weighted by molar-refractivity contribution is -0.115. The van der Waals surface area contributed by atoms with E-state index in [1.165, 1.54) is 19.3 Å². The average Bonchev–Trinajstić information content (AvgIpc) is 2.28. The number of hydrogen-bond donors (Lipinski definition) is 0. The Bertz CT molecular complexity index is 260. The predicted molar refractivity (Wildman–Crippen MR) is 53.4 cm³/mol. The molecule has 0 heterocycles. The summed E-state index contributed by atoms with van der Waals surface area (Å²) < 4.78 is 0. The van der Waals surface area contributed by atoms with Gasteiger partial charge in [0.1, 0.15) is 0 Å². The third-order valence-corrected chi connectivity index (χ3v) is 3.57. The molecule has 0 radical (unpaired) electrons. The molecule has 0 unspecified atom stereocenters. The molecule has 1 atom stereocenters. The SMILES string of the molecule is CC1(C)CC(=O)C2=CCCCC[C@H]21. The van der Waals surface area contributed by atoms with Gasteiger partial charge in [0.2, 0.25) is 0 Å². The maximum Gasteiger partial charge on any atom is 0.159 e. The van der Waals surface area contributed by atoms with Gasteiger partial charge in [-0.1, -0.05) is 26.3 Å². The summed E-state index contributed by atoms with van der Waals surface area (Å²) in [4.78, 5) is 11.7. The van der Waals surface area contributed by atoms with Gasteiger partial charge in [0.15, 0.2) is 5.78 Å². The first kappa shape index (κ1) is 8.98. The van der Waals surface area contributed by atoms with Crippen molar-refractivity contribution in [1.29, 1.82) is 0 Å². The Morgan fingerprint density at radius 2 is 2.15 bits per heavy atom. The van der Waals surface area contributed by atoms with Crippen molar-refractivity contribution < 1.29 is 4.79 Å². The van der Waals surface area contributed by atoms with Gasteiger partial charge in [-0.15, -0.1) is 0 Å². The first-order chi connectivity index (χ1) is 6.11. The minimum absolute atomic E-state index is 0.229. The van der Waals surface area contributed by atoms with Gasteiger partial charge in [-0.25, -0.2) is 0 Å². The maximum atomic E-state index is 11.7. The van der Waals surface area contributed by atoms with Gasteiger partial charge in [0.05, 0.1) is 0 Å². The van der Waals surface area contributed by atoms with Gasteiger partial charge in [0, 0.05) is 6.42 Å². The van der Waals surface area contributed by atoms with E-state index in [4.69, 9.17) is 0 Å². The minimum Gasteiger partial charge on any atom is -0.295 e. The fourth-order valence-corrected chi connectivity index (χ4v) is 2.81. The highest BCUT2D eigenvalue weighted by molar-refractivity contribution is 5.99. The number of carbonyl (C=O) groups excluding carboxylic acids is 1. The van der Waals surface area contributed by atoms with Crippen molar-refractivity contribution in [1.82, 2.24) is 0 Å². The van der Waals surface area contributed by atoms with Crippen molar-refractivity contribution in [3.63, 3.8) is 0 Å². The van der Waals surface area contributed by atoms with Crippen molar-refractivity contribution in [3.8, 4) is 0 Å². The second-order valence-electron chi connectivity index (χ2n) is 5.09. The lowest BCUT2D eigenvalue weighted by Crippen LogP contribution is -2.17. The number of allylic oxidation sites excluding steroid dienone is 2. The summed E-state index contributed by atoms with van der Waals surface area (Å²) in [6, 6.07) is 0. The summed E-state index contributed by atoms with van der Waals surface area (Å²) in [5.74, 6) is 0.972. The average molecular weight is 178 g/mol. The molecule has 2 rings (SSSR count). The van der Waals surface area contributed by atoms with Crippen LogP contribution in [0.25, 0.3) is 0 Å². The summed E-state index contributed by atoms with van der Waals surface area (Å²) in [6.07, 6.45) is 7.88. The Morgan fingerprint density at radius 1 is 1.38 bits per heavy atom. The number of Topliss-reactive ketones (excluding diaryl/α,β-unsaturated/α-hetero) is 1. The number of carbonyl (C=O) groups is 1. The van der Waals surface area contributed by atoms with E-state index in [1.54, 1.807) is 0 Å². The molecule has 1 fully saturated rings. The third kappa shape index (κ3) is 1.45. The van der Waals surface area contributed by atoms with Crippen LogP contribution < -0.4 is 0 Å². The molecule has 0 amide bonds. The quantitative estimate of drug-likeness (QED) is 0.557. The minimum atomic E-state index is 0.229. The van der Waals surface area contributed by atoms with Crippen LogP contribution in [0, 0.1) is 11.3 Å². The number of ketones is 1. The van der Waals surface area contributed by atoms with Gasteiger partial charge >= 0.3 is 0 Å². The highest BCUT2D eigenvalue weighted by atomic mass is 16.1. The van der Waals surface area contributed by atoms with Gasteiger partial charge in [-0.3, -0.25) is 4.79 Å².